The minimum absolute atomic E-state index is 0.00841. The molecule has 0 aliphatic rings. The molecule has 0 fully saturated rings. The highest BCUT2D eigenvalue weighted by atomic mass is 79.9. The van der Waals surface area contributed by atoms with E-state index in [9.17, 15) is 9.18 Å². The van der Waals surface area contributed by atoms with Crippen LogP contribution in [0.25, 0.3) is 0 Å². The maximum absolute atomic E-state index is 13.1. The molecule has 98 valence electrons. The smallest absolute Gasteiger partial charge is 0.168 e. The molecule has 2 rings (SSSR count). The number of hydrogen-bond acceptors (Lipinski definition) is 1. The lowest BCUT2D eigenvalue weighted by Gasteiger charge is -2.06. The van der Waals surface area contributed by atoms with E-state index < -0.39 is 0 Å². The third-order valence-corrected chi connectivity index (χ3v) is 4.07. The zero-order valence-electron chi connectivity index (χ0n) is 10.2. The normalized spacial score (nSPS) is 10.5. The zero-order chi connectivity index (χ0) is 14.0. The van der Waals surface area contributed by atoms with Gasteiger partial charge in [0.2, 0.25) is 0 Å². The lowest BCUT2D eigenvalue weighted by atomic mass is 10.0. The number of carbonyl (C=O) groups is 1. The van der Waals surface area contributed by atoms with Crippen molar-refractivity contribution in [3.05, 3.63) is 67.9 Å². The number of ketones is 1. The number of halogens is 3. The summed E-state index contributed by atoms with van der Waals surface area (Å²) >= 11 is 6.50. The van der Waals surface area contributed by atoms with E-state index in [-0.39, 0.29) is 18.0 Å². The molecule has 0 heterocycles. The van der Waals surface area contributed by atoms with Crippen molar-refractivity contribution in [2.45, 2.75) is 13.3 Å². The second kappa shape index (κ2) is 5.97. The molecule has 0 bridgehead atoms. The Morgan fingerprint density at radius 2 is 1.84 bits per heavy atom. The van der Waals surface area contributed by atoms with Crippen molar-refractivity contribution in [2.24, 2.45) is 0 Å². The fourth-order valence-corrected chi connectivity index (χ4v) is 2.68. The molecule has 0 aliphatic carbocycles. The van der Waals surface area contributed by atoms with E-state index in [1.54, 1.807) is 12.1 Å². The van der Waals surface area contributed by atoms with Gasteiger partial charge in [0, 0.05) is 16.5 Å². The molecule has 0 unspecified atom stereocenters. The Morgan fingerprint density at radius 3 is 2.53 bits per heavy atom. The van der Waals surface area contributed by atoms with Crippen LogP contribution >= 0.6 is 31.9 Å². The Morgan fingerprint density at radius 1 is 1.11 bits per heavy atom. The maximum Gasteiger partial charge on any atom is 0.168 e. The summed E-state index contributed by atoms with van der Waals surface area (Å²) in [5, 5.41) is 0. The van der Waals surface area contributed by atoms with Crippen molar-refractivity contribution in [1.82, 2.24) is 0 Å². The van der Waals surface area contributed by atoms with E-state index >= 15 is 0 Å². The van der Waals surface area contributed by atoms with Crippen LogP contribution in [-0.2, 0) is 6.42 Å². The van der Waals surface area contributed by atoms with Crippen molar-refractivity contribution < 1.29 is 9.18 Å². The Labute approximate surface area is 128 Å². The molecule has 0 N–H and O–H groups in total. The number of hydrogen-bond donors (Lipinski definition) is 0. The van der Waals surface area contributed by atoms with E-state index in [0.29, 0.717) is 10.0 Å². The van der Waals surface area contributed by atoms with Gasteiger partial charge in [-0.3, -0.25) is 4.79 Å². The fraction of sp³-hybridized carbons (Fsp3) is 0.133. The van der Waals surface area contributed by atoms with Crippen molar-refractivity contribution in [2.75, 3.05) is 0 Å². The monoisotopic (exact) mass is 384 g/mol. The summed E-state index contributed by atoms with van der Waals surface area (Å²) in [7, 11) is 0. The Balaban J connectivity index is 2.25. The molecule has 0 spiro atoms. The quantitative estimate of drug-likeness (QED) is 0.673. The minimum atomic E-state index is -0.326. The second-order valence-corrected chi connectivity index (χ2v) is 6.04. The van der Waals surface area contributed by atoms with Gasteiger partial charge in [0.1, 0.15) is 5.82 Å². The second-order valence-electron chi connectivity index (χ2n) is 4.33. The largest absolute Gasteiger partial charge is 0.294 e. The van der Waals surface area contributed by atoms with E-state index in [1.807, 2.05) is 25.1 Å². The summed E-state index contributed by atoms with van der Waals surface area (Å²) in [5.41, 5.74) is 2.47. The lowest BCUT2D eigenvalue weighted by molar-refractivity contribution is 0.0992. The summed E-state index contributed by atoms with van der Waals surface area (Å²) in [4.78, 5) is 12.2. The highest BCUT2D eigenvalue weighted by molar-refractivity contribution is 9.10. The van der Waals surface area contributed by atoms with Crippen LogP contribution in [0.3, 0.4) is 0 Å². The van der Waals surface area contributed by atoms with Gasteiger partial charge >= 0.3 is 0 Å². The lowest BCUT2D eigenvalue weighted by Crippen LogP contribution is -2.05. The molecule has 0 saturated carbocycles. The molecule has 0 radical (unpaired) electrons. The third kappa shape index (κ3) is 3.51. The SMILES string of the molecule is Cc1ccc(Br)c(C(=O)Cc2ccc(F)c(Br)c2)c1. The molecule has 2 aromatic carbocycles. The Bertz CT molecular complexity index is 638. The number of benzene rings is 2. The molecule has 1 nitrogen and oxygen atoms in total. The van der Waals surface area contributed by atoms with E-state index in [4.69, 9.17) is 0 Å². The van der Waals surface area contributed by atoms with Gasteiger partial charge in [-0.2, -0.15) is 0 Å². The fourth-order valence-electron chi connectivity index (χ4n) is 1.78. The average Bonchev–Trinajstić information content (AvgIpc) is 2.36. The minimum Gasteiger partial charge on any atom is -0.294 e. The summed E-state index contributed by atoms with van der Waals surface area (Å²) in [6, 6.07) is 10.3. The van der Waals surface area contributed by atoms with Gasteiger partial charge in [-0.15, -0.1) is 0 Å². The standard InChI is InChI=1S/C15H11Br2FO/c1-9-2-4-12(16)11(6-9)15(19)8-10-3-5-14(18)13(17)7-10/h2-7H,8H2,1H3. The molecule has 0 atom stereocenters. The van der Waals surface area contributed by atoms with Gasteiger partial charge in [-0.1, -0.05) is 33.6 Å². The molecule has 19 heavy (non-hydrogen) atoms. The van der Waals surface area contributed by atoms with E-state index in [2.05, 4.69) is 31.9 Å². The summed E-state index contributed by atoms with van der Waals surface area (Å²) in [5.74, 6) is -0.318. The topological polar surface area (TPSA) is 17.1 Å². The first-order valence-electron chi connectivity index (χ1n) is 5.70. The van der Waals surface area contributed by atoms with Crippen LogP contribution < -0.4 is 0 Å². The molecule has 2 aromatic rings. The first-order chi connectivity index (χ1) is 8.97. The molecular formula is C15H11Br2FO. The van der Waals surface area contributed by atoms with Gasteiger partial charge in [0.15, 0.2) is 5.78 Å². The maximum atomic E-state index is 13.1. The van der Waals surface area contributed by atoms with Crippen LogP contribution in [0.2, 0.25) is 0 Å². The molecule has 0 amide bonds. The molecule has 0 aromatic heterocycles. The number of aryl methyl sites for hydroxylation is 1. The van der Waals surface area contributed by atoms with Gasteiger partial charge in [-0.05, 0) is 52.7 Å². The summed E-state index contributed by atoms with van der Waals surface area (Å²) in [6.45, 7) is 1.94. The summed E-state index contributed by atoms with van der Waals surface area (Å²) in [6.07, 6.45) is 0.251. The van der Waals surface area contributed by atoms with Crippen molar-refractivity contribution in [1.29, 1.82) is 0 Å². The van der Waals surface area contributed by atoms with Gasteiger partial charge < -0.3 is 0 Å². The average molecular weight is 386 g/mol. The number of Topliss-reactive ketones (excluding diaryl/α,β-unsaturated/α-hetero) is 1. The van der Waals surface area contributed by atoms with E-state index in [1.165, 1.54) is 6.07 Å². The predicted octanol–water partition coefficient (Wildman–Crippen LogP) is 5.08. The molecule has 4 heteroatoms. The van der Waals surface area contributed by atoms with Crippen LogP contribution in [0, 0.1) is 12.7 Å². The Hall–Kier alpha value is -1.00. The number of rotatable bonds is 3. The van der Waals surface area contributed by atoms with Crippen molar-refractivity contribution >= 4 is 37.6 Å². The Kier molecular flexibility index (Phi) is 4.53. The van der Waals surface area contributed by atoms with Crippen molar-refractivity contribution in [3.63, 3.8) is 0 Å². The zero-order valence-corrected chi connectivity index (χ0v) is 13.4. The highest BCUT2D eigenvalue weighted by Crippen LogP contribution is 2.22. The molecule has 0 aliphatic heterocycles. The highest BCUT2D eigenvalue weighted by Gasteiger charge is 2.12. The molecular weight excluding hydrogens is 375 g/mol. The van der Waals surface area contributed by atoms with Gasteiger partial charge in [-0.25, -0.2) is 4.39 Å². The third-order valence-electron chi connectivity index (χ3n) is 2.77. The van der Waals surface area contributed by atoms with E-state index in [0.717, 1.165) is 15.6 Å². The summed E-state index contributed by atoms with van der Waals surface area (Å²) < 4.78 is 14.3. The predicted molar refractivity (Wildman–Crippen MR) is 81.0 cm³/mol. The number of carbonyl (C=O) groups excluding carboxylic acids is 1. The molecule has 0 saturated heterocycles. The van der Waals surface area contributed by atoms with Crippen molar-refractivity contribution in [3.8, 4) is 0 Å². The van der Waals surface area contributed by atoms with Gasteiger partial charge in [0.05, 0.1) is 4.47 Å². The van der Waals surface area contributed by atoms with Gasteiger partial charge in [0.25, 0.3) is 0 Å². The van der Waals surface area contributed by atoms with Crippen LogP contribution in [0.15, 0.2) is 45.3 Å². The van der Waals surface area contributed by atoms with Crippen LogP contribution in [0.4, 0.5) is 4.39 Å². The van der Waals surface area contributed by atoms with Crippen LogP contribution in [0.1, 0.15) is 21.5 Å². The van der Waals surface area contributed by atoms with Crippen LogP contribution in [0.5, 0.6) is 0 Å². The first kappa shape index (κ1) is 14.4. The first-order valence-corrected chi connectivity index (χ1v) is 7.29. The van der Waals surface area contributed by atoms with Crippen LogP contribution in [-0.4, -0.2) is 5.78 Å².